The van der Waals surface area contributed by atoms with E-state index in [4.69, 9.17) is 19.5 Å². The molecular formula is C20H26BMoN6O4+. The molecule has 32 heavy (non-hydrogen) atoms. The molecule has 0 fully saturated rings. The fourth-order valence-corrected chi connectivity index (χ4v) is 2.59. The zero-order valence-corrected chi connectivity index (χ0v) is 19.9. The summed E-state index contributed by atoms with van der Waals surface area (Å²) >= 11 is 0. The molecule has 2 N–H and O–H groups in total. The van der Waals surface area contributed by atoms with Crippen LogP contribution in [0.2, 0.25) is 0 Å². The van der Waals surface area contributed by atoms with Gasteiger partial charge < -0.3 is 24.0 Å². The summed E-state index contributed by atoms with van der Waals surface area (Å²) in [5.74, 6) is 1.12. The van der Waals surface area contributed by atoms with Crippen molar-refractivity contribution in [2.75, 3.05) is 13.2 Å². The van der Waals surface area contributed by atoms with E-state index >= 15 is 0 Å². The van der Waals surface area contributed by atoms with Crippen LogP contribution in [0.3, 0.4) is 0 Å². The van der Waals surface area contributed by atoms with E-state index in [0.717, 1.165) is 5.92 Å². The number of hydrogen-bond acceptors (Lipinski definition) is 5. The maximum atomic E-state index is 8.80. The van der Waals surface area contributed by atoms with E-state index in [1.807, 2.05) is 57.1 Å². The summed E-state index contributed by atoms with van der Waals surface area (Å²) in [7, 11) is -0.194. The fraction of sp³-hybridized carbons (Fsp3) is 0.300. The molecule has 0 saturated carbocycles. The zero-order chi connectivity index (χ0) is 23.6. The molecule has 0 aliphatic carbocycles. The van der Waals surface area contributed by atoms with Gasteiger partial charge in [0.25, 0.3) is 7.12 Å². The molecule has 12 heteroatoms. The Morgan fingerprint density at radius 2 is 1.28 bits per heavy atom. The second kappa shape index (κ2) is 19.5. The number of nitrogens with zero attached hydrogens (tertiary/aromatic N) is 6. The smallest absolute Gasteiger partial charge is 0.425 e. The first-order valence-electron chi connectivity index (χ1n) is 9.17. The topological polar surface area (TPSA) is 134 Å². The molecule has 0 spiro atoms. The average molecular weight is 521 g/mol. The van der Waals surface area contributed by atoms with Gasteiger partial charge in [0.15, 0.2) is 0 Å². The van der Waals surface area contributed by atoms with Gasteiger partial charge in [-0.1, -0.05) is 13.8 Å². The minimum absolute atomic E-state index is 0. The first-order chi connectivity index (χ1) is 15.1. The van der Waals surface area contributed by atoms with Crippen molar-refractivity contribution in [2.24, 2.45) is 11.8 Å². The summed E-state index contributed by atoms with van der Waals surface area (Å²) in [5.41, 5.74) is 0. The fourth-order valence-electron chi connectivity index (χ4n) is 2.59. The molecule has 0 amide bonds. The molecule has 1 atom stereocenters. The van der Waals surface area contributed by atoms with Crippen LogP contribution in [0, 0.1) is 44.4 Å². The summed E-state index contributed by atoms with van der Waals surface area (Å²) in [6.45, 7) is 16.7. The van der Waals surface area contributed by atoms with Crippen molar-refractivity contribution < 1.29 is 40.6 Å². The van der Waals surface area contributed by atoms with Gasteiger partial charge in [-0.05, 0) is 62.0 Å². The van der Waals surface area contributed by atoms with E-state index in [0.29, 0.717) is 0 Å². The van der Waals surface area contributed by atoms with Gasteiger partial charge in [-0.25, -0.2) is 15.3 Å². The first-order valence-corrected chi connectivity index (χ1v) is 9.17. The van der Waals surface area contributed by atoms with Crippen molar-refractivity contribution in [3.63, 3.8) is 0 Å². The number of aliphatic hydroxyl groups is 2. The Kier molecular flexibility index (Phi) is 19.4. The van der Waals surface area contributed by atoms with Crippen molar-refractivity contribution in [3.05, 3.63) is 87.9 Å². The quantitative estimate of drug-likeness (QED) is 0.259. The van der Waals surface area contributed by atoms with Crippen LogP contribution >= 0.6 is 0 Å². The average Bonchev–Trinajstić information content (AvgIpc) is 3.57. The molecule has 0 saturated heterocycles. The Morgan fingerprint density at radius 1 is 0.938 bits per heavy atom. The Morgan fingerprint density at radius 3 is 1.50 bits per heavy atom. The van der Waals surface area contributed by atoms with E-state index in [9.17, 15) is 0 Å². The van der Waals surface area contributed by atoms with Crippen LogP contribution in [0.5, 0.6) is 0 Å². The van der Waals surface area contributed by atoms with Crippen molar-refractivity contribution >= 4 is 7.12 Å². The third kappa shape index (κ3) is 10.9. The third-order valence-electron chi connectivity index (χ3n) is 4.04. The molecule has 168 valence electrons. The molecule has 3 aromatic heterocycles. The molecule has 0 aliphatic heterocycles. The van der Waals surface area contributed by atoms with Gasteiger partial charge in [0.05, 0.1) is 0 Å². The summed E-state index contributed by atoms with van der Waals surface area (Å²) in [6, 6.07) is 5.62. The summed E-state index contributed by atoms with van der Waals surface area (Å²) in [6.07, 6.45) is 12.8. The van der Waals surface area contributed by atoms with Gasteiger partial charge in [0.1, 0.15) is 0 Å². The van der Waals surface area contributed by atoms with Gasteiger partial charge >= 0.3 is 43.7 Å². The molecule has 0 bridgehead atoms. The second-order valence-corrected chi connectivity index (χ2v) is 6.30. The minimum atomic E-state index is -0.194. The standard InChI is InChI=1S/C9H9BN6.C9H17O2.2CO.Mo/c1-4-11-14(7-1)10(15-8-2-5-12-15)16-9-3-6-13-16;1-7(2)4-8(3)9(5-10)6-11;2*1-2;/h1-9H;4,8-11H,1,5-6H2,2-3H3;;;/q-1;;;;+2. The van der Waals surface area contributed by atoms with Gasteiger partial charge in [-0.3, -0.25) is 0 Å². The van der Waals surface area contributed by atoms with Crippen LogP contribution in [0.1, 0.15) is 13.8 Å². The van der Waals surface area contributed by atoms with Crippen LogP contribution in [-0.4, -0.2) is 59.6 Å². The Labute approximate surface area is 203 Å². The molecule has 1 unspecified atom stereocenters. The molecule has 4 radical (unpaired) electrons. The first kappa shape index (κ1) is 32.0. The van der Waals surface area contributed by atoms with E-state index in [2.05, 4.69) is 35.5 Å². The molecular weight excluding hydrogens is 495 g/mol. The number of hydrogen-bond donors (Lipinski definition) is 2. The molecule has 10 nitrogen and oxygen atoms in total. The van der Waals surface area contributed by atoms with Crippen molar-refractivity contribution in [2.45, 2.75) is 13.8 Å². The van der Waals surface area contributed by atoms with E-state index in [1.54, 1.807) is 32.4 Å². The molecule has 0 aliphatic rings. The van der Waals surface area contributed by atoms with Gasteiger partial charge in [0.2, 0.25) is 0 Å². The number of aliphatic hydroxyl groups excluding tert-OH is 2. The van der Waals surface area contributed by atoms with Crippen molar-refractivity contribution in [1.82, 2.24) is 29.1 Å². The van der Waals surface area contributed by atoms with Crippen LogP contribution in [0.15, 0.2) is 55.4 Å². The van der Waals surface area contributed by atoms with Crippen LogP contribution in [0.25, 0.3) is 0 Å². The van der Waals surface area contributed by atoms with Gasteiger partial charge in [0, 0.05) is 37.7 Å². The molecule has 3 aromatic rings. The van der Waals surface area contributed by atoms with Crippen LogP contribution in [0.4, 0.5) is 0 Å². The number of aromatic nitrogens is 6. The van der Waals surface area contributed by atoms with E-state index in [-0.39, 0.29) is 53.2 Å². The normalized spacial score (nSPS) is 10.6. The summed E-state index contributed by atoms with van der Waals surface area (Å²) < 4.78 is 20.4. The second-order valence-electron chi connectivity index (χ2n) is 6.30. The monoisotopic (exact) mass is 523 g/mol. The predicted molar refractivity (Wildman–Crippen MR) is 112 cm³/mol. The van der Waals surface area contributed by atoms with Crippen LogP contribution < -0.4 is 0 Å². The maximum Gasteiger partial charge on any atom is 2.00 e. The SMILES string of the molecule is [C-]#[O+].[C-]#[O+].[CH2][C](C)[CH]C(C)C(CO)CO.[Mo+2].c1cnn([B-](n2cccn2)n2cccn2)c1. The van der Waals surface area contributed by atoms with E-state index in [1.165, 1.54) is 0 Å². The summed E-state index contributed by atoms with van der Waals surface area (Å²) in [5, 5.41) is 30.3. The Bertz CT molecular complexity index is 718. The van der Waals surface area contributed by atoms with Crippen LogP contribution in [-0.2, 0) is 30.4 Å². The minimum Gasteiger partial charge on any atom is -0.425 e. The number of rotatable bonds is 8. The third-order valence-corrected chi connectivity index (χ3v) is 4.04. The van der Waals surface area contributed by atoms with E-state index < -0.39 is 0 Å². The van der Waals surface area contributed by atoms with Gasteiger partial charge in [-0.15, -0.1) is 0 Å². The van der Waals surface area contributed by atoms with Gasteiger partial charge in [-0.2, -0.15) is 0 Å². The molecule has 3 heterocycles. The Hall–Kier alpha value is -2.22. The molecule has 0 aromatic carbocycles. The maximum absolute atomic E-state index is 8.80. The Balaban J connectivity index is 0. The predicted octanol–water partition coefficient (Wildman–Crippen LogP) is 0.984. The molecule has 3 rings (SSSR count). The van der Waals surface area contributed by atoms with Crippen molar-refractivity contribution in [3.8, 4) is 0 Å². The largest absolute Gasteiger partial charge is 2.00 e. The van der Waals surface area contributed by atoms with Crippen molar-refractivity contribution in [1.29, 1.82) is 0 Å². The zero-order valence-electron chi connectivity index (χ0n) is 17.9. The summed E-state index contributed by atoms with van der Waals surface area (Å²) in [4.78, 5) is 0.